The molecule has 5 nitrogen and oxygen atoms in total. The monoisotopic (exact) mass is 303 g/mol. The third kappa shape index (κ3) is 4.66. The van der Waals surface area contributed by atoms with Crippen LogP contribution in [0, 0.1) is 5.92 Å². The highest BCUT2D eigenvalue weighted by Crippen LogP contribution is 2.22. The van der Waals surface area contributed by atoms with Crippen LogP contribution >= 0.6 is 12.6 Å². The van der Waals surface area contributed by atoms with Gasteiger partial charge < -0.3 is 14.4 Å². The van der Waals surface area contributed by atoms with Crippen molar-refractivity contribution in [1.29, 1.82) is 0 Å². The zero-order valence-electron chi connectivity index (χ0n) is 12.7. The van der Waals surface area contributed by atoms with Gasteiger partial charge in [0.2, 0.25) is 5.91 Å². The molecule has 1 aliphatic rings. The molecule has 1 saturated heterocycles. The fourth-order valence-electron chi connectivity index (χ4n) is 2.29. The number of amides is 1. The van der Waals surface area contributed by atoms with Gasteiger partial charge in [-0.2, -0.15) is 12.6 Å². The third-order valence-electron chi connectivity index (χ3n) is 3.25. The van der Waals surface area contributed by atoms with Crippen LogP contribution in [-0.2, 0) is 19.1 Å². The van der Waals surface area contributed by atoms with Crippen LogP contribution in [0.4, 0.5) is 0 Å². The van der Waals surface area contributed by atoms with E-state index in [1.807, 2.05) is 20.8 Å². The molecule has 0 spiro atoms. The topological polar surface area (TPSA) is 55.8 Å². The maximum Gasteiger partial charge on any atom is 0.331 e. The summed E-state index contributed by atoms with van der Waals surface area (Å²) in [6, 6.07) is -0.483. The van der Waals surface area contributed by atoms with E-state index in [9.17, 15) is 9.59 Å². The number of ether oxygens (including phenoxy) is 2. The first-order chi connectivity index (χ1) is 9.36. The SMILES string of the molecule is CC(C)OC(C)OC(=O)C1CCCN1C(=O)C(C)CS. The van der Waals surface area contributed by atoms with Gasteiger partial charge in [0.05, 0.1) is 6.10 Å². The first kappa shape index (κ1) is 17.3. The molecule has 1 fully saturated rings. The highest BCUT2D eigenvalue weighted by molar-refractivity contribution is 7.80. The first-order valence-corrected chi connectivity index (χ1v) is 7.77. The predicted octanol–water partition coefficient (Wildman–Crippen LogP) is 1.86. The second kappa shape index (κ2) is 7.88. The molecule has 0 aromatic heterocycles. The van der Waals surface area contributed by atoms with Crippen LogP contribution in [0.1, 0.15) is 40.5 Å². The van der Waals surface area contributed by atoms with Crippen molar-refractivity contribution in [1.82, 2.24) is 4.90 Å². The minimum Gasteiger partial charge on any atom is -0.435 e. The summed E-state index contributed by atoms with van der Waals surface area (Å²) in [7, 11) is 0. The summed E-state index contributed by atoms with van der Waals surface area (Å²) in [5.41, 5.74) is 0. The number of likely N-dealkylation sites (tertiary alicyclic amines) is 1. The Balaban J connectivity index is 2.60. The van der Waals surface area contributed by atoms with Crippen LogP contribution in [0.5, 0.6) is 0 Å². The quantitative estimate of drug-likeness (QED) is 0.462. The first-order valence-electron chi connectivity index (χ1n) is 7.14. The molecule has 3 atom stereocenters. The molecule has 3 unspecified atom stereocenters. The smallest absolute Gasteiger partial charge is 0.331 e. The largest absolute Gasteiger partial charge is 0.435 e. The minimum atomic E-state index is -0.595. The second-order valence-corrected chi connectivity index (χ2v) is 5.83. The lowest BCUT2D eigenvalue weighted by molar-refractivity contribution is -0.187. The van der Waals surface area contributed by atoms with Gasteiger partial charge in [-0.15, -0.1) is 0 Å². The molecule has 0 aliphatic carbocycles. The molecule has 0 radical (unpaired) electrons. The van der Waals surface area contributed by atoms with E-state index >= 15 is 0 Å². The standard InChI is InChI=1S/C14H25NO4S/c1-9(2)18-11(4)19-14(17)12-6-5-7-15(12)13(16)10(3)8-20/h9-12,20H,5-8H2,1-4H3. The van der Waals surface area contributed by atoms with E-state index in [4.69, 9.17) is 9.47 Å². The predicted molar refractivity (Wildman–Crippen MR) is 79.5 cm³/mol. The van der Waals surface area contributed by atoms with Gasteiger partial charge in [-0.1, -0.05) is 6.92 Å². The molecular formula is C14H25NO4S. The molecule has 0 bridgehead atoms. The summed E-state index contributed by atoms with van der Waals surface area (Å²) in [6.45, 7) is 7.88. The van der Waals surface area contributed by atoms with E-state index in [-0.39, 0.29) is 23.9 Å². The zero-order valence-corrected chi connectivity index (χ0v) is 13.6. The van der Waals surface area contributed by atoms with Crippen molar-refractivity contribution in [2.75, 3.05) is 12.3 Å². The Morgan fingerprint density at radius 3 is 2.50 bits per heavy atom. The zero-order chi connectivity index (χ0) is 15.3. The molecule has 0 N–H and O–H groups in total. The van der Waals surface area contributed by atoms with E-state index in [1.165, 1.54) is 0 Å². The van der Waals surface area contributed by atoms with Crippen LogP contribution < -0.4 is 0 Å². The van der Waals surface area contributed by atoms with Crippen LogP contribution in [-0.4, -0.2) is 47.5 Å². The summed E-state index contributed by atoms with van der Waals surface area (Å²) in [4.78, 5) is 26.0. The van der Waals surface area contributed by atoms with Gasteiger partial charge in [0.15, 0.2) is 6.29 Å². The summed E-state index contributed by atoms with van der Waals surface area (Å²) >= 11 is 4.14. The molecule has 6 heteroatoms. The molecule has 0 aromatic rings. The molecule has 0 saturated carbocycles. The average Bonchev–Trinajstić information content (AvgIpc) is 2.84. The van der Waals surface area contributed by atoms with E-state index in [2.05, 4.69) is 12.6 Å². The van der Waals surface area contributed by atoms with E-state index in [0.717, 1.165) is 6.42 Å². The van der Waals surface area contributed by atoms with Gasteiger partial charge in [-0.25, -0.2) is 4.79 Å². The fourth-order valence-corrected chi connectivity index (χ4v) is 2.45. The van der Waals surface area contributed by atoms with Crippen LogP contribution in [0.3, 0.4) is 0 Å². The van der Waals surface area contributed by atoms with Gasteiger partial charge >= 0.3 is 5.97 Å². The lowest BCUT2D eigenvalue weighted by Gasteiger charge is -2.27. The fraction of sp³-hybridized carbons (Fsp3) is 0.857. The van der Waals surface area contributed by atoms with Gasteiger partial charge in [-0.3, -0.25) is 4.79 Å². The number of hydrogen-bond donors (Lipinski definition) is 1. The number of esters is 1. The molecule has 1 amide bonds. The lowest BCUT2D eigenvalue weighted by Crippen LogP contribution is -2.45. The number of carbonyl (C=O) groups excluding carboxylic acids is 2. The normalized spacial score (nSPS) is 21.9. The van der Waals surface area contributed by atoms with Crippen molar-refractivity contribution >= 4 is 24.5 Å². The number of nitrogens with zero attached hydrogens (tertiary/aromatic N) is 1. The van der Waals surface area contributed by atoms with Gasteiger partial charge in [-0.05, 0) is 33.6 Å². The maximum atomic E-state index is 12.2. The Morgan fingerprint density at radius 2 is 1.95 bits per heavy atom. The summed E-state index contributed by atoms with van der Waals surface area (Å²) in [5, 5.41) is 0. The summed E-state index contributed by atoms with van der Waals surface area (Å²) in [5.74, 6) is -0.118. The molecule has 1 heterocycles. The lowest BCUT2D eigenvalue weighted by atomic mass is 10.1. The van der Waals surface area contributed by atoms with Crippen molar-refractivity contribution in [3.8, 4) is 0 Å². The van der Waals surface area contributed by atoms with Crippen LogP contribution in [0.15, 0.2) is 0 Å². The Bertz CT molecular complexity index is 348. The van der Waals surface area contributed by atoms with Gasteiger partial charge in [0.25, 0.3) is 0 Å². The van der Waals surface area contributed by atoms with E-state index in [0.29, 0.717) is 18.7 Å². The summed E-state index contributed by atoms with van der Waals surface area (Å²) in [6.07, 6.45) is 0.869. The van der Waals surface area contributed by atoms with Crippen molar-refractivity contribution in [2.45, 2.75) is 59.0 Å². The summed E-state index contributed by atoms with van der Waals surface area (Å²) < 4.78 is 10.7. The third-order valence-corrected chi connectivity index (χ3v) is 3.80. The minimum absolute atomic E-state index is 0.0108. The van der Waals surface area contributed by atoms with Crippen molar-refractivity contribution in [3.63, 3.8) is 0 Å². The van der Waals surface area contributed by atoms with Crippen LogP contribution in [0.25, 0.3) is 0 Å². The average molecular weight is 303 g/mol. The highest BCUT2D eigenvalue weighted by atomic mass is 32.1. The molecule has 1 aliphatic heterocycles. The number of thiol groups is 1. The van der Waals surface area contributed by atoms with Gasteiger partial charge in [0, 0.05) is 18.2 Å². The van der Waals surface area contributed by atoms with E-state index < -0.39 is 12.3 Å². The highest BCUT2D eigenvalue weighted by Gasteiger charge is 2.37. The van der Waals surface area contributed by atoms with Crippen molar-refractivity contribution in [2.24, 2.45) is 5.92 Å². The van der Waals surface area contributed by atoms with Crippen molar-refractivity contribution in [3.05, 3.63) is 0 Å². The van der Waals surface area contributed by atoms with Gasteiger partial charge in [0.1, 0.15) is 6.04 Å². The van der Waals surface area contributed by atoms with E-state index in [1.54, 1.807) is 11.8 Å². The number of carbonyl (C=O) groups is 2. The van der Waals surface area contributed by atoms with Crippen LogP contribution in [0.2, 0.25) is 0 Å². The Labute approximate surface area is 126 Å². The molecule has 0 aromatic carbocycles. The molecular weight excluding hydrogens is 278 g/mol. The Kier molecular flexibility index (Phi) is 6.82. The number of rotatable bonds is 6. The second-order valence-electron chi connectivity index (χ2n) is 5.46. The van der Waals surface area contributed by atoms with Crippen molar-refractivity contribution < 1.29 is 19.1 Å². The molecule has 1 rings (SSSR count). The molecule has 20 heavy (non-hydrogen) atoms. The maximum absolute atomic E-state index is 12.2. The number of hydrogen-bond acceptors (Lipinski definition) is 5. The Hall–Kier alpha value is -0.750. The Morgan fingerprint density at radius 1 is 1.30 bits per heavy atom. The molecule has 116 valence electrons.